The molecule has 0 bridgehead atoms. The lowest BCUT2D eigenvalue weighted by atomic mass is 10.0. The molecular formula is C18H23F3N4O3. The van der Waals surface area contributed by atoms with Crippen LogP contribution in [-0.2, 0) is 22.3 Å². The fourth-order valence-corrected chi connectivity index (χ4v) is 2.77. The number of hydrogen-bond acceptors (Lipinski definition) is 4. The zero-order valence-corrected chi connectivity index (χ0v) is 15.9. The van der Waals surface area contributed by atoms with Gasteiger partial charge in [0.05, 0.1) is 24.3 Å². The molecule has 0 N–H and O–H groups in total. The van der Waals surface area contributed by atoms with E-state index in [2.05, 4.69) is 10.0 Å². The first-order chi connectivity index (χ1) is 13.0. The van der Waals surface area contributed by atoms with Crippen LogP contribution in [0.2, 0.25) is 0 Å². The number of carbonyl (C=O) groups excluding carboxylic acids is 1. The van der Waals surface area contributed by atoms with Crippen LogP contribution in [0.5, 0.6) is 0 Å². The van der Waals surface area contributed by atoms with Crippen LogP contribution in [0.4, 0.5) is 18.0 Å². The Bertz CT molecular complexity index is 725. The number of halogens is 3. The highest BCUT2D eigenvalue weighted by Crippen LogP contribution is 2.29. The molecule has 1 saturated heterocycles. The van der Waals surface area contributed by atoms with Gasteiger partial charge in [-0.15, -0.1) is 0 Å². The summed E-state index contributed by atoms with van der Waals surface area (Å²) in [6, 6.07) is 4.08. The number of amides is 1. The molecule has 0 spiro atoms. The highest BCUT2D eigenvalue weighted by molar-refractivity contribution is 5.68. The van der Waals surface area contributed by atoms with Gasteiger partial charge >= 0.3 is 12.3 Å². The molecule has 2 atom stereocenters. The molecule has 2 rings (SSSR count). The number of azide groups is 1. The van der Waals surface area contributed by atoms with Crippen molar-refractivity contribution in [2.24, 2.45) is 5.11 Å². The highest BCUT2D eigenvalue weighted by atomic mass is 19.4. The average molecular weight is 400 g/mol. The Morgan fingerprint density at radius 3 is 2.46 bits per heavy atom. The van der Waals surface area contributed by atoms with Gasteiger partial charge in [0.15, 0.2) is 0 Å². The molecule has 2 unspecified atom stereocenters. The average Bonchev–Trinajstić information content (AvgIpc) is 2.59. The second kappa shape index (κ2) is 8.70. The molecule has 1 heterocycles. The van der Waals surface area contributed by atoms with Gasteiger partial charge in [-0.2, -0.15) is 13.2 Å². The van der Waals surface area contributed by atoms with E-state index in [1.807, 2.05) is 0 Å². The second-order valence-electron chi connectivity index (χ2n) is 7.53. The van der Waals surface area contributed by atoms with E-state index < -0.39 is 35.6 Å². The van der Waals surface area contributed by atoms with Crippen molar-refractivity contribution in [3.05, 3.63) is 45.8 Å². The zero-order chi connectivity index (χ0) is 20.9. The monoisotopic (exact) mass is 400 g/mol. The molecule has 0 aromatic heterocycles. The third kappa shape index (κ3) is 6.31. The molecule has 1 aliphatic rings. The van der Waals surface area contributed by atoms with E-state index in [1.54, 1.807) is 20.8 Å². The Morgan fingerprint density at radius 1 is 1.29 bits per heavy atom. The lowest BCUT2D eigenvalue weighted by molar-refractivity contribution is -0.137. The van der Waals surface area contributed by atoms with E-state index in [0.29, 0.717) is 18.5 Å². The van der Waals surface area contributed by atoms with Crippen LogP contribution in [0.3, 0.4) is 0 Å². The summed E-state index contributed by atoms with van der Waals surface area (Å²) < 4.78 is 48.9. The summed E-state index contributed by atoms with van der Waals surface area (Å²) in [6.45, 7) is 5.87. The predicted octanol–water partition coefficient (Wildman–Crippen LogP) is 4.91. The fourth-order valence-electron chi connectivity index (χ4n) is 2.77. The van der Waals surface area contributed by atoms with Gasteiger partial charge in [0.2, 0.25) is 0 Å². The molecule has 1 fully saturated rings. The van der Waals surface area contributed by atoms with E-state index in [1.165, 1.54) is 17.0 Å². The Morgan fingerprint density at radius 2 is 1.93 bits per heavy atom. The van der Waals surface area contributed by atoms with Gasteiger partial charge in [-0.3, -0.25) is 0 Å². The van der Waals surface area contributed by atoms with E-state index in [0.717, 1.165) is 12.1 Å². The minimum atomic E-state index is -4.39. The van der Waals surface area contributed by atoms with Gasteiger partial charge < -0.3 is 14.4 Å². The van der Waals surface area contributed by atoms with Crippen molar-refractivity contribution in [2.75, 3.05) is 13.1 Å². The first-order valence-corrected chi connectivity index (χ1v) is 8.79. The fraction of sp³-hybridized carbons (Fsp3) is 0.611. The lowest BCUT2D eigenvalue weighted by Gasteiger charge is -2.37. The Balaban J connectivity index is 1.96. The van der Waals surface area contributed by atoms with Crippen LogP contribution >= 0.6 is 0 Å². The van der Waals surface area contributed by atoms with Gasteiger partial charge in [0.1, 0.15) is 5.60 Å². The molecule has 1 amide bonds. The molecule has 0 aliphatic carbocycles. The van der Waals surface area contributed by atoms with Gasteiger partial charge in [0.25, 0.3) is 0 Å². The van der Waals surface area contributed by atoms with Gasteiger partial charge in [-0.05, 0) is 50.4 Å². The van der Waals surface area contributed by atoms with Crippen molar-refractivity contribution in [2.45, 2.75) is 57.7 Å². The largest absolute Gasteiger partial charge is 0.444 e. The summed E-state index contributed by atoms with van der Waals surface area (Å²) in [6.07, 6.45) is -4.91. The SMILES string of the molecule is CC(C)(C)OC(=O)N1CCC(OCc2ccc(C(F)(F)F)cc2)C(N=[N+]=[N-])C1. The number of alkyl halides is 3. The van der Waals surface area contributed by atoms with Crippen LogP contribution in [0.1, 0.15) is 38.3 Å². The van der Waals surface area contributed by atoms with E-state index in [-0.39, 0.29) is 13.2 Å². The highest BCUT2D eigenvalue weighted by Gasteiger charge is 2.34. The molecule has 0 radical (unpaired) electrons. The van der Waals surface area contributed by atoms with Gasteiger partial charge in [-0.25, -0.2) is 4.79 Å². The summed E-state index contributed by atoms with van der Waals surface area (Å²) in [7, 11) is 0. The maximum Gasteiger partial charge on any atom is 0.416 e. The van der Waals surface area contributed by atoms with Crippen molar-refractivity contribution in [3.8, 4) is 0 Å². The first-order valence-electron chi connectivity index (χ1n) is 8.79. The maximum absolute atomic E-state index is 12.6. The van der Waals surface area contributed by atoms with Crippen molar-refractivity contribution in [1.29, 1.82) is 0 Å². The molecule has 7 nitrogen and oxygen atoms in total. The van der Waals surface area contributed by atoms with Gasteiger partial charge in [-0.1, -0.05) is 17.2 Å². The molecule has 1 aromatic rings. The molecular weight excluding hydrogens is 377 g/mol. The van der Waals surface area contributed by atoms with Crippen molar-refractivity contribution in [1.82, 2.24) is 4.90 Å². The molecule has 1 aliphatic heterocycles. The summed E-state index contributed by atoms with van der Waals surface area (Å²) in [5, 5.41) is 3.71. The van der Waals surface area contributed by atoms with E-state index in [9.17, 15) is 18.0 Å². The molecule has 28 heavy (non-hydrogen) atoms. The van der Waals surface area contributed by atoms with Crippen LogP contribution in [0, 0.1) is 0 Å². The first kappa shape index (κ1) is 21.8. The Labute approximate surface area is 161 Å². The number of nitrogens with zero attached hydrogens (tertiary/aromatic N) is 4. The Hall–Kier alpha value is -2.45. The molecule has 10 heteroatoms. The quantitative estimate of drug-likeness (QED) is 0.409. The molecule has 154 valence electrons. The van der Waals surface area contributed by atoms with Crippen molar-refractivity contribution < 1.29 is 27.4 Å². The molecule has 0 saturated carbocycles. The Kier molecular flexibility index (Phi) is 6.79. The summed E-state index contributed by atoms with van der Waals surface area (Å²) in [4.78, 5) is 16.5. The number of rotatable bonds is 4. The summed E-state index contributed by atoms with van der Waals surface area (Å²) in [5.74, 6) is 0. The zero-order valence-electron chi connectivity index (χ0n) is 15.9. The van der Waals surface area contributed by atoms with Gasteiger partial charge in [0, 0.05) is 18.0 Å². The number of carbonyl (C=O) groups is 1. The third-order valence-corrected chi connectivity index (χ3v) is 4.12. The smallest absolute Gasteiger partial charge is 0.416 e. The van der Waals surface area contributed by atoms with Crippen LogP contribution in [-0.4, -0.2) is 41.8 Å². The van der Waals surface area contributed by atoms with Crippen LogP contribution in [0.15, 0.2) is 29.4 Å². The number of ether oxygens (including phenoxy) is 2. The minimum absolute atomic E-state index is 0.0761. The number of likely N-dealkylation sites (tertiary alicyclic amines) is 1. The number of benzene rings is 1. The topological polar surface area (TPSA) is 87.5 Å². The molecule has 1 aromatic carbocycles. The van der Waals surface area contributed by atoms with Crippen LogP contribution in [0.25, 0.3) is 10.4 Å². The number of hydrogen-bond donors (Lipinski definition) is 0. The summed E-state index contributed by atoms with van der Waals surface area (Å²) >= 11 is 0. The standard InChI is InChI=1S/C18H23F3N4O3/c1-17(2,3)28-16(26)25-9-8-15(14(10-25)23-24-22)27-11-12-4-6-13(7-5-12)18(19,20)21/h4-7,14-15H,8-11H2,1-3H3. The van der Waals surface area contributed by atoms with Crippen molar-refractivity contribution >= 4 is 6.09 Å². The predicted molar refractivity (Wildman–Crippen MR) is 95.4 cm³/mol. The van der Waals surface area contributed by atoms with Crippen LogP contribution < -0.4 is 0 Å². The third-order valence-electron chi connectivity index (χ3n) is 4.12. The maximum atomic E-state index is 12.6. The van der Waals surface area contributed by atoms with E-state index >= 15 is 0 Å². The normalized spacial score (nSPS) is 20.4. The summed E-state index contributed by atoms with van der Waals surface area (Å²) in [5.41, 5.74) is 8.01. The second-order valence-corrected chi connectivity index (χ2v) is 7.53. The number of piperidine rings is 1. The van der Waals surface area contributed by atoms with Crippen molar-refractivity contribution in [3.63, 3.8) is 0 Å². The minimum Gasteiger partial charge on any atom is -0.444 e. The lowest BCUT2D eigenvalue weighted by Crippen LogP contribution is -2.50. The van der Waals surface area contributed by atoms with E-state index in [4.69, 9.17) is 15.0 Å².